The van der Waals surface area contributed by atoms with Crippen LogP contribution in [0.25, 0.3) is 5.82 Å². The Balaban J connectivity index is 2.45. The van der Waals surface area contributed by atoms with Crippen molar-refractivity contribution < 1.29 is 0 Å². The van der Waals surface area contributed by atoms with Crippen LogP contribution in [-0.2, 0) is 7.05 Å². The summed E-state index contributed by atoms with van der Waals surface area (Å²) in [6, 6.07) is 1.87. The van der Waals surface area contributed by atoms with E-state index in [-0.39, 0.29) is 0 Å². The van der Waals surface area contributed by atoms with Crippen molar-refractivity contribution in [1.82, 2.24) is 24.8 Å². The van der Waals surface area contributed by atoms with Gasteiger partial charge in [0.1, 0.15) is 0 Å². The first-order chi connectivity index (χ1) is 5.36. The number of hydrogen-bond donors (Lipinski definition) is 0. The van der Waals surface area contributed by atoms with E-state index in [1.54, 1.807) is 21.8 Å². The third kappa shape index (κ3) is 1.000. The number of nitrogens with zero attached hydrogens (tertiary/aromatic N) is 5. The van der Waals surface area contributed by atoms with Gasteiger partial charge in [0.25, 0.3) is 0 Å². The smallest absolute Gasteiger partial charge is 0.176 e. The highest BCUT2D eigenvalue weighted by atomic mass is 15.5. The van der Waals surface area contributed by atoms with Crippen molar-refractivity contribution in [3.8, 4) is 5.82 Å². The van der Waals surface area contributed by atoms with Crippen LogP contribution in [0, 0.1) is 0 Å². The SMILES string of the molecule is Cn1ccc(-n2ccnn2)n1. The topological polar surface area (TPSA) is 48.5 Å². The van der Waals surface area contributed by atoms with E-state index in [1.165, 1.54) is 0 Å². The predicted molar refractivity (Wildman–Crippen MR) is 38.1 cm³/mol. The largest absolute Gasteiger partial charge is 0.274 e. The van der Waals surface area contributed by atoms with E-state index in [4.69, 9.17) is 0 Å². The van der Waals surface area contributed by atoms with Crippen LogP contribution in [0.15, 0.2) is 24.7 Å². The molecule has 56 valence electrons. The van der Waals surface area contributed by atoms with Crippen LogP contribution in [0.5, 0.6) is 0 Å². The fourth-order valence-electron chi connectivity index (χ4n) is 0.855. The number of aryl methyl sites for hydroxylation is 1. The molecular formula is C6H7N5. The third-order valence-electron chi connectivity index (χ3n) is 1.36. The highest BCUT2D eigenvalue weighted by Crippen LogP contribution is 1.98. The van der Waals surface area contributed by atoms with E-state index in [9.17, 15) is 0 Å². The zero-order valence-corrected chi connectivity index (χ0v) is 6.05. The van der Waals surface area contributed by atoms with Crippen LogP contribution >= 0.6 is 0 Å². The van der Waals surface area contributed by atoms with Gasteiger partial charge in [-0.05, 0) is 0 Å². The Morgan fingerprint density at radius 2 is 2.27 bits per heavy atom. The molecule has 11 heavy (non-hydrogen) atoms. The lowest BCUT2D eigenvalue weighted by Gasteiger charge is -1.90. The molecule has 0 aliphatic heterocycles. The molecule has 0 N–H and O–H groups in total. The zero-order chi connectivity index (χ0) is 7.68. The lowest BCUT2D eigenvalue weighted by Crippen LogP contribution is -1.97. The second-order valence-corrected chi connectivity index (χ2v) is 2.20. The van der Waals surface area contributed by atoms with Crippen LogP contribution < -0.4 is 0 Å². The number of rotatable bonds is 1. The van der Waals surface area contributed by atoms with Crippen molar-refractivity contribution in [2.45, 2.75) is 0 Å². The highest BCUT2D eigenvalue weighted by Gasteiger charge is 1.97. The van der Waals surface area contributed by atoms with E-state index in [1.807, 2.05) is 19.3 Å². The fourth-order valence-corrected chi connectivity index (χ4v) is 0.855. The maximum Gasteiger partial charge on any atom is 0.176 e. The first-order valence-electron chi connectivity index (χ1n) is 3.22. The van der Waals surface area contributed by atoms with Gasteiger partial charge in [0.15, 0.2) is 5.82 Å². The van der Waals surface area contributed by atoms with Gasteiger partial charge < -0.3 is 0 Å². The number of hydrogen-bond acceptors (Lipinski definition) is 3. The molecule has 5 heteroatoms. The van der Waals surface area contributed by atoms with Crippen LogP contribution in [0.3, 0.4) is 0 Å². The standard InChI is InChI=1S/C6H7N5/c1-10-4-2-6(8-10)11-5-3-7-9-11/h2-5H,1H3. The summed E-state index contributed by atoms with van der Waals surface area (Å²) in [6.45, 7) is 0. The Morgan fingerprint density at radius 1 is 1.36 bits per heavy atom. The average Bonchev–Trinajstić information content (AvgIpc) is 2.55. The minimum absolute atomic E-state index is 0.782. The molecule has 0 spiro atoms. The molecule has 2 aromatic rings. The van der Waals surface area contributed by atoms with Gasteiger partial charge in [-0.1, -0.05) is 5.21 Å². The van der Waals surface area contributed by atoms with Gasteiger partial charge in [0, 0.05) is 19.3 Å². The molecular weight excluding hydrogens is 142 g/mol. The quantitative estimate of drug-likeness (QED) is 0.573. The summed E-state index contributed by atoms with van der Waals surface area (Å²) in [4.78, 5) is 0. The molecule has 0 saturated carbocycles. The molecule has 0 fully saturated rings. The van der Waals surface area contributed by atoms with Crippen molar-refractivity contribution in [3.63, 3.8) is 0 Å². The van der Waals surface area contributed by atoms with Crippen molar-refractivity contribution in [2.24, 2.45) is 7.05 Å². The van der Waals surface area contributed by atoms with Crippen molar-refractivity contribution >= 4 is 0 Å². The monoisotopic (exact) mass is 149 g/mol. The molecule has 2 aromatic heterocycles. The maximum atomic E-state index is 4.13. The van der Waals surface area contributed by atoms with Crippen LogP contribution in [0.2, 0.25) is 0 Å². The van der Waals surface area contributed by atoms with Crippen LogP contribution in [0.4, 0.5) is 0 Å². The first kappa shape index (κ1) is 6.09. The van der Waals surface area contributed by atoms with Gasteiger partial charge in [-0.15, -0.1) is 5.10 Å². The molecule has 0 unspecified atom stereocenters. The van der Waals surface area contributed by atoms with E-state index < -0.39 is 0 Å². The van der Waals surface area contributed by atoms with E-state index in [0.717, 1.165) is 5.82 Å². The highest BCUT2D eigenvalue weighted by molar-refractivity contribution is 5.16. The Labute approximate surface area is 63.3 Å². The lowest BCUT2D eigenvalue weighted by atomic mass is 10.6. The van der Waals surface area contributed by atoms with Gasteiger partial charge >= 0.3 is 0 Å². The molecule has 2 heterocycles. The second kappa shape index (κ2) is 2.19. The minimum Gasteiger partial charge on any atom is -0.274 e. The van der Waals surface area contributed by atoms with Crippen molar-refractivity contribution in [1.29, 1.82) is 0 Å². The molecule has 0 amide bonds. The van der Waals surface area contributed by atoms with Crippen molar-refractivity contribution in [3.05, 3.63) is 24.7 Å². The van der Waals surface area contributed by atoms with Gasteiger partial charge in [-0.3, -0.25) is 4.68 Å². The van der Waals surface area contributed by atoms with Crippen molar-refractivity contribution in [2.75, 3.05) is 0 Å². The Bertz CT molecular complexity index is 333. The molecule has 0 saturated heterocycles. The molecule has 0 aliphatic rings. The second-order valence-electron chi connectivity index (χ2n) is 2.20. The summed E-state index contributed by atoms with van der Waals surface area (Å²) < 4.78 is 3.33. The molecule has 0 aromatic carbocycles. The molecule has 0 radical (unpaired) electrons. The minimum atomic E-state index is 0.782. The Hall–Kier alpha value is -1.65. The fraction of sp³-hybridized carbons (Fsp3) is 0.167. The summed E-state index contributed by atoms with van der Waals surface area (Å²) in [6.07, 6.45) is 5.23. The average molecular weight is 149 g/mol. The molecule has 0 atom stereocenters. The van der Waals surface area contributed by atoms with E-state index in [0.29, 0.717) is 0 Å². The zero-order valence-electron chi connectivity index (χ0n) is 6.05. The Morgan fingerprint density at radius 3 is 2.82 bits per heavy atom. The van der Waals surface area contributed by atoms with Crippen LogP contribution in [0.1, 0.15) is 0 Å². The molecule has 0 aliphatic carbocycles. The summed E-state index contributed by atoms with van der Waals surface area (Å²) in [7, 11) is 1.86. The van der Waals surface area contributed by atoms with Gasteiger partial charge in [-0.2, -0.15) is 5.10 Å². The summed E-state index contributed by atoms with van der Waals surface area (Å²) in [5.41, 5.74) is 0. The predicted octanol–water partition coefficient (Wildman–Crippen LogP) is 0.000800. The molecule has 5 nitrogen and oxygen atoms in total. The molecule has 2 rings (SSSR count). The summed E-state index contributed by atoms with van der Waals surface area (Å²) in [5.74, 6) is 0.782. The van der Waals surface area contributed by atoms with Gasteiger partial charge in [-0.25, -0.2) is 4.68 Å². The normalized spacial score (nSPS) is 10.3. The lowest BCUT2D eigenvalue weighted by molar-refractivity contribution is 0.715. The third-order valence-corrected chi connectivity index (χ3v) is 1.36. The summed E-state index contributed by atoms with van der Waals surface area (Å²) in [5, 5.41) is 11.6. The molecule has 0 bridgehead atoms. The first-order valence-corrected chi connectivity index (χ1v) is 3.22. The summed E-state index contributed by atoms with van der Waals surface area (Å²) >= 11 is 0. The maximum absolute atomic E-state index is 4.13. The van der Waals surface area contributed by atoms with Crippen LogP contribution in [-0.4, -0.2) is 24.8 Å². The van der Waals surface area contributed by atoms with Gasteiger partial charge in [0.2, 0.25) is 0 Å². The van der Waals surface area contributed by atoms with Gasteiger partial charge in [0.05, 0.1) is 12.4 Å². The van der Waals surface area contributed by atoms with E-state index in [2.05, 4.69) is 15.4 Å². The number of aromatic nitrogens is 5. The Kier molecular flexibility index (Phi) is 1.21. The van der Waals surface area contributed by atoms with E-state index >= 15 is 0 Å².